The minimum absolute atomic E-state index is 0.280. The summed E-state index contributed by atoms with van der Waals surface area (Å²) in [7, 11) is 0. The molecule has 0 radical (unpaired) electrons. The summed E-state index contributed by atoms with van der Waals surface area (Å²) < 4.78 is 2.74. The molecule has 0 amide bonds. The quantitative estimate of drug-likeness (QED) is 0.697. The maximum absolute atomic E-state index is 10.5. The van der Waals surface area contributed by atoms with Gasteiger partial charge in [-0.15, -0.1) is 0 Å². The predicted molar refractivity (Wildman–Crippen MR) is 99.5 cm³/mol. The van der Waals surface area contributed by atoms with E-state index >= 15 is 0 Å². The van der Waals surface area contributed by atoms with E-state index in [1.807, 2.05) is 0 Å². The summed E-state index contributed by atoms with van der Waals surface area (Å²) >= 11 is 0.700. The van der Waals surface area contributed by atoms with E-state index in [0.29, 0.717) is 26.3 Å². The second-order valence-corrected chi connectivity index (χ2v) is 12.8. The standard InChI is InChI=1S/C20H22O2Se2/c21-15-9-1-5-13-7-3-11-17(19(13)15)23-24-18-12-4-8-14-6-2-10-16(22)20(14)18/h3-4,7-8,11-12,15-16,21-22H,1-2,5-6,9-10H2. The van der Waals surface area contributed by atoms with Gasteiger partial charge in [-0.25, -0.2) is 0 Å². The number of aliphatic hydroxyl groups is 2. The van der Waals surface area contributed by atoms with Crippen molar-refractivity contribution >= 4 is 35.2 Å². The summed E-state index contributed by atoms with van der Waals surface area (Å²) in [4.78, 5) is 0. The molecular formula is C20H22O2Se2. The van der Waals surface area contributed by atoms with Crippen LogP contribution in [0, 0.1) is 0 Å². The van der Waals surface area contributed by atoms with E-state index in [2.05, 4.69) is 36.4 Å². The molecule has 24 heavy (non-hydrogen) atoms. The summed E-state index contributed by atoms with van der Waals surface area (Å²) in [6.07, 6.45) is 5.61. The zero-order valence-electron chi connectivity index (χ0n) is 13.6. The molecule has 2 aromatic carbocycles. The number of fused-ring (bicyclic) bond motifs is 2. The third kappa shape index (κ3) is 3.24. The van der Waals surface area contributed by atoms with Gasteiger partial charge in [-0.2, -0.15) is 0 Å². The molecule has 0 aromatic heterocycles. The molecule has 2 unspecified atom stereocenters. The van der Waals surface area contributed by atoms with Gasteiger partial charge in [0, 0.05) is 0 Å². The van der Waals surface area contributed by atoms with Crippen molar-refractivity contribution in [3.05, 3.63) is 58.7 Å². The maximum atomic E-state index is 10.5. The van der Waals surface area contributed by atoms with Gasteiger partial charge in [0.15, 0.2) is 0 Å². The van der Waals surface area contributed by atoms with E-state index in [1.54, 1.807) is 0 Å². The Morgan fingerprint density at radius 3 is 1.62 bits per heavy atom. The normalized spacial score (nSPS) is 22.8. The van der Waals surface area contributed by atoms with Crippen molar-refractivity contribution in [1.82, 2.24) is 0 Å². The fourth-order valence-corrected chi connectivity index (χ4v) is 11.4. The van der Waals surface area contributed by atoms with Gasteiger partial charge < -0.3 is 0 Å². The van der Waals surface area contributed by atoms with Crippen LogP contribution in [0.25, 0.3) is 0 Å². The molecule has 0 fully saturated rings. The van der Waals surface area contributed by atoms with Crippen LogP contribution in [0.15, 0.2) is 36.4 Å². The van der Waals surface area contributed by atoms with Crippen LogP contribution in [-0.4, -0.2) is 36.5 Å². The van der Waals surface area contributed by atoms with E-state index in [1.165, 1.54) is 31.2 Å². The van der Waals surface area contributed by atoms with Gasteiger partial charge in [0.1, 0.15) is 0 Å². The molecule has 4 rings (SSSR count). The SMILES string of the molecule is OC1CCCc2cccc([Se][Se]c3cccc4c3C(O)CCC4)c21. The Hall–Kier alpha value is -0.601. The summed E-state index contributed by atoms with van der Waals surface area (Å²) in [5.74, 6) is 0. The summed E-state index contributed by atoms with van der Waals surface area (Å²) in [6, 6.07) is 13.1. The van der Waals surface area contributed by atoms with Crippen molar-refractivity contribution in [2.75, 3.05) is 0 Å². The molecule has 0 saturated heterocycles. The second-order valence-electron chi connectivity index (χ2n) is 6.64. The van der Waals surface area contributed by atoms with Crippen LogP contribution in [-0.2, 0) is 12.8 Å². The van der Waals surface area contributed by atoms with Crippen molar-refractivity contribution < 1.29 is 10.2 Å². The Bertz CT molecular complexity index is 681. The molecule has 0 heterocycles. The molecule has 0 saturated carbocycles. The van der Waals surface area contributed by atoms with Gasteiger partial charge in [-0.05, 0) is 0 Å². The average molecular weight is 452 g/mol. The molecule has 2 aliphatic rings. The Labute approximate surface area is 154 Å². The van der Waals surface area contributed by atoms with E-state index in [0.717, 1.165) is 38.5 Å². The number of benzene rings is 2. The second kappa shape index (κ2) is 7.33. The van der Waals surface area contributed by atoms with Gasteiger partial charge >= 0.3 is 155 Å². The molecule has 0 bridgehead atoms. The molecule has 0 spiro atoms. The van der Waals surface area contributed by atoms with Crippen molar-refractivity contribution in [3.63, 3.8) is 0 Å². The third-order valence-electron chi connectivity index (χ3n) is 5.05. The van der Waals surface area contributed by atoms with Crippen molar-refractivity contribution in [3.8, 4) is 0 Å². The zero-order chi connectivity index (χ0) is 16.5. The zero-order valence-corrected chi connectivity index (χ0v) is 17.0. The number of aliphatic hydroxyl groups excluding tert-OH is 2. The molecule has 2 nitrogen and oxygen atoms in total. The van der Waals surface area contributed by atoms with E-state index in [9.17, 15) is 10.2 Å². The molecule has 2 N–H and O–H groups in total. The first kappa shape index (κ1) is 16.8. The molecule has 126 valence electrons. The monoisotopic (exact) mass is 454 g/mol. The van der Waals surface area contributed by atoms with Crippen molar-refractivity contribution in [2.45, 2.75) is 50.7 Å². The van der Waals surface area contributed by atoms with Crippen LogP contribution in [0.2, 0.25) is 0 Å². The third-order valence-corrected chi connectivity index (χ3v) is 12.3. The molecule has 2 aromatic rings. The van der Waals surface area contributed by atoms with Gasteiger partial charge in [0.05, 0.1) is 0 Å². The van der Waals surface area contributed by atoms with E-state index in [4.69, 9.17) is 0 Å². The molecule has 4 heteroatoms. The van der Waals surface area contributed by atoms with Gasteiger partial charge in [0.2, 0.25) is 0 Å². The predicted octanol–water partition coefficient (Wildman–Crippen LogP) is 1.70. The summed E-state index contributed by atoms with van der Waals surface area (Å²) in [5, 5.41) is 20.9. The molecule has 0 aliphatic heterocycles. The average Bonchev–Trinajstić information content (AvgIpc) is 2.60. The van der Waals surface area contributed by atoms with Crippen LogP contribution in [0.3, 0.4) is 0 Å². The van der Waals surface area contributed by atoms with Crippen molar-refractivity contribution in [1.29, 1.82) is 0 Å². The van der Waals surface area contributed by atoms with Crippen LogP contribution in [0.4, 0.5) is 0 Å². The fourth-order valence-electron chi connectivity index (χ4n) is 3.87. The van der Waals surface area contributed by atoms with E-state index < -0.39 is 0 Å². The topological polar surface area (TPSA) is 40.5 Å². The number of hydrogen-bond donors (Lipinski definition) is 2. The Kier molecular flexibility index (Phi) is 5.15. The number of hydrogen-bond acceptors (Lipinski definition) is 2. The first-order valence-corrected chi connectivity index (χ1v) is 14.7. The molecule has 2 aliphatic carbocycles. The minimum atomic E-state index is -0.280. The van der Waals surface area contributed by atoms with E-state index in [-0.39, 0.29) is 12.2 Å². The first-order chi connectivity index (χ1) is 11.7. The van der Waals surface area contributed by atoms with Crippen molar-refractivity contribution in [2.24, 2.45) is 0 Å². The number of rotatable bonds is 3. The van der Waals surface area contributed by atoms with Crippen LogP contribution in [0.1, 0.15) is 60.1 Å². The molecular weight excluding hydrogens is 430 g/mol. The van der Waals surface area contributed by atoms with Crippen LogP contribution < -0.4 is 8.92 Å². The summed E-state index contributed by atoms with van der Waals surface area (Å²) in [6.45, 7) is 0. The first-order valence-electron chi connectivity index (χ1n) is 8.68. The van der Waals surface area contributed by atoms with Crippen LogP contribution >= 0.6 is 0 Å². The van der Waals surface area contributed by atoms with Crippen LogP contribution in [0.5, 0.6) is 0 Å². The van der Waals surface area contributed by atoms with Gasteiger partial charge in [0.25, 0.3) is 0 Å². The Balaban J connectivity index is 1.61. The number of aryl methyl sites for hydroxylation is 2. The Morgan fingerprint density at radius 1 is 0.708 bits per heavy atom. The van der Waals surface area contributed by atoms with Gasteiger partial charge in [-0.1, -0.05) is 0 Å². The summed E-state index contributed by atoms with van der Waals surface area (Å²) in [5.41, 5.74) is 5.13. The Morgan fingerprint density at radius 2 is 1.17 bits per heavy atom. The fraction of sp³-hybridized carbons (Fsp3) is 0.400. The van der Waals surface area contributed by atoms with Gasteiger partial charge in [-0.3, -0.25) is 0 Å². The molecule has 2 atom stereocenters.